The average molecular weight is 711 g/mol. The third kappa shape index (κ3) is 7.48. The van der Waals surface area contributed by atoms with E-state index in [0.717, 1.165) is 0 Å². The number of carboxylic acid groups (broad SMARTS) is 2. The van der Waals surface area contributed by atoms with Crippen LogP contribution in [0.4, 0.5) is 27.5 Å². The third-order valence-electron chi connectivity index (χ3n) is 7.53. The molecule has 50 heavy (non-hydrogen) atoms. The van der Waals surface area contributed by atoms with Gasteiger partial charge in [0.25, 0.3) is 20.0 Å². The number of aromatic carboxylic acids is 2. The molecular formula is C35H26N4O9S2. The summed E-state index contributed by atoms with van der Waals surface area (Å²) >= 11 is 0. The Labute approximate surface area is 285 Å². The van der Waals surface area contributed by atoms with Crippen molar-refractivity contribution in [2.24, 2.45) is 0 Å². The van der Waals surface area contributed by atoms with E-state index in [9.17, 15) is 31.2 Å². The molecule has 252 valence electrons. The van der Waals surface area contributed by atoms with Crippen molar-refractivity contribution in [3.05, 3.63) is 132 Å². The van der Waals surface area contributed by atoms with Gasteiger partial charge in [-0.1, -0.05) is 24.3 Å². The van der Waals surface area contributed by atoms with Crippen molar-refractivity contribution in [3.8, 4) is 0 Å². The van der Waals surface area contributed by atoms with Gasteiger partial charge in [0, 0.05) is 22.7 Å². The second-order valence-corrected chi connectivity index (χ2v) is 14.4. The van der Waals surface area contributed by atoms with Gasteiger partial charge in [0.15, 0.2) is 0 Å². The summed E-state index contributed by atoms with van der Waals surface area (Å²) in [5, 5.41) is 26.0. The normalized spacial score (nSPS) is 11.5. The molecular weight excluding hydrogens is 685 g/mol. The molecule has 0 unspecified atom stereocenters. The number of hydrogen-bond acceptors (Lipinski definition) is 7. The maximum atomic E-state index is 13.1. The molecule has 6 rings (SSSR count). The molecule has 0 aliphatic heterocycles. The summed E-state index contributed by atoms with van der Waals surface area (Å²) in [7, 11) is -8.05. The lowest BCUT2D eigenvalue weighted by Gasteiger charge is -2.12. The molecule has 0 spiro atoms. The van der Waals surface area contributed by atoms with Crippen LogP contribution in [0.15, 0.2) is 131 Å². The van der Waals surface area contributed by atoms with Gasteiger partial charge in [-0.3, -0.25) is 9.44 Å². The van der Waals surface area contributed by atoms with Crippen LogP contribution in [-0.2, 0) is 20.0 Å². The Morgan fingerprint density at radius 2 is 0.760 bits per heavy atom. The van der Waals surface area contributed by atoms with E-state index < -0.39 is 38.0 Å². The van der Waals surface area contributed by atoms with E-state index in [0.29, 0.717) is 32.9 Å². The van der Waals surface area contributed by atoms with E-state index >= 15 is 0 Å². The number of nitrogens with one attached hydrogen (secondary N) is 4. The lowest BCUT2D eigenvalue weighted by atomic mass is 10.1. The van der Waals surface area contributed by atoms with Gasteiger partial charge in [-0.15, -0.1) is 0 Å². The zero-order valence-corrected chi connectivity index (χ0v) is 27.2. The largest absolute Gasteiger partial charge is 0.478 e. The highest BCUT2D eigenvalue weighted by atomic mass is 32.2. The Morgan fingerprint density at radius 1 is 0.420 bits per heavy atom. The van der Waals surface area contributed by atoms with Crippen molar-refractivity contribution in [3.63, 3.8) is 0 Å². The molecule has 15 heteroatoms. The summed E-state index contributed by atoms with van der Waals surface area (Å²) in [5.74, 6) is -2.27. The number of urea groups is 1. The predicted molar refractivity (Wildman–Crippen MR) is 189 cm³/mol. The summed E-state index contributed by atoms with van der Waals surface area (Å²) in [4.78, 5) is 35.0. The topological polar surface area (TPSA) is 208 Å². The molecule has 0 aliphatic carbocycles. The van der Waals surface area contributed by atoms with Gasteiger partial charge in [0.05, 0.1) is 20.9 Å². The number of anilines is 4. The minimum atomic E-state index is -4.02. The summed E-state index contributed by atoms with van der Waals surface area (Å²) in [5.41, 5.74) is 1.16. The number of fused-ring (bicyclic) bond motifs is 2. The van der Waals surface area contributed by atoms with Crippen molar-refractivity contribution in [2.75, 3.05) is 20.1 Å². The Balaban J connectivity index is 1.15. The molecule has 6 aromatic carbocycles. The van der Waals surface area contributed by atoms with Crippen molar-refractivity contribution in [2.45, 2.75) is 9.79 Å². The fourth-order valence-electron chi connectivity index (χ4n) is 5.02. The van der Waals surface area contributed by atoms with Crippen LogP contribution < -0.4 is 20.1 Å². The number of carbonyl (C=O) groups excluding carboxylic acids is 1. The summed E-state index contributed by atoms with van der Waals surface area (Å²) in [6.45, 7) is 0. The first-order valence-electron chi connectivity index (χ1n) is 14.6. The molecule has 13 nitrogen and oxygen atoms in total. The van der Waals surface area contributed by atoms with E-state index in [1.807, 2.05) is 0 Å². The van der Waals surface area contributed by atoms with Gasteiger partial charge in [-0.05, 0) is 119 Å². The van der Waals surface area contributed by atoms with Gasteiger partial charge in [-0.25, -0.2) is 31.2 Å². The molecule has 6 N–H and O–H groups in total. The van der Waals surface area contributed by atoms with Gasteiger partial charge in [0.1, 0.15) is 0 Å². The Hall–Kier alpha value is -6.45. The van der Waals surface area contributed by atoms with Gasteiger partial charge < -0.3 is 20.8 Å². The van der Waals surface area contributed by atoms with Crippen molar-refractivity contribution in [1.29, 1.82) is 0 Å². The summed E-state index contributed by atoms with van der Waals surface area (Å²) in [6, 6.07) is 28.9. The summed E-state index contributed by atoms with van der Waals surface area (Å²) in [6.07, 6.45) is 0. The highest BCUT2D eigenvalue weighted by Crippen LogP contribution is 2.27. The number of hydrogen-bond donors (Lipinski definition) is 6. The van der Waals surface area contributed by atoms with E-state index in [4.69, 9.17) is 10.2 Å². The summed E-state index contributed by atoms with van der Waals surface area (Å²) < 4.78 is 57.1. The molecule has 0 bridgehead atoms. The van der Waals surface area contributed by atoms with Crippen molar-refractivity contribution in [1.82, 2.24) is 0 Å². The number of amides is 2. The van der Waals surface area contributed by atoms with Gasteiger partial charge in [-0.2, -0.15) is 0 Å². The quantitative estimate of drug-likeness (QED) is 0.0900. The first-order valence-corrected chi connectivity index (χ1v) is 17.6. The molecule has 6 aromatic rings. The first-order chi connectivity index (χ1) is 23.8. The number of benzene rings is 6. The highest BCUT2D eigenvalue weighted by Gasteiger charge is 2.17. The smallest absolute Gasteiger partial charge is 0.335 e. The van der Waals surface area contributed by atoms with Crippen LogP contribution in [0.3, 0.4) is 0 Å². The molecule has 0 aromatic heterocycles. The van der Waals surface area contributed by atoms with Crippen LogP contribution in [0.2, 0.25) is 0 Å². The predicted octanol–water partition coefficient (Wildman–Crippen LogP) is 6.64. The van der Waals surface area contributed by atoms with Crippen LogP contribution in [0.5, 0.6) is 0 Å². The zero-order valence-electron chi connectivity index (χ0n) is 25.6. The minimum Gasteiger partial charge on any atom is -0.478 e. The fourth-order valence-corrected chi connectivity index (χ4v) is 7.21. The first kappa shape index (κ1) is 33.5. The van der Waals surface area contributed by atoms with Gasteiger partial charge >= 0.3 is 18.0 Å². The maximum absolute atomic E-state index is 13.1. The number of carboxylic acids is 2. The van der Waals surface area contributed by atoms with E-state index in [1.165, 1.54) is 72.8 Å². The van der Waals surface area contributed by atoms with Crippen LogP contribution in [-0.4, -0.2) is 45.0 Å². The third-order valence-corrected chi connectivity index (χ3v) is 10.3. The monoisotopic (exact) mass is 710 g/mol. The molecule has 0 radical (unpaired) electrons. The second kappa shape index (κ2) is 13.2. The van der Waals surface area contributed by atoms with Crippen LogP contribution in [0.25, 0.3) is 21.5 Å². The molecule has 0 aliphatic rings. The molecule has 0 fully saturated rings. The SMILES string of the molecule is O=C(Nc1ccc2ccc(S(=O)(=O)Nc3ccc(C(=O)O)cc3)cc2c1)Nc1ccc2ccc(S(=O)(=O)Nc3ccc(C(=O)O)cc3)cc2c1. The lowest BCUT2D eigenvalue weighted by Crippen LogP contribution is -2.19. The molecule has 0 atom stereocenters. The molecule has 0 saturated heterocycles. The maximum Gasteiger partial charge on any atom is 0.335 e. The van der Waals surface area contributed by atoms with Crippen molar-refractivity contribution >= 4 is 82.3 Å². The lowest BCUT2D eigenvalue weighted by molar-refractivity contribution is 0.0686. The Morgan fingerprint density at radius 3 is 1.12 bits per heavy atom. The van der Waals surface area contributed by atoms with Crippen LogP contribution in [0, 0.1) is 0 Å². The van der Waals surface area contributed by atoms with E-state index in [1.54, 1.807) is 48.5 Å². The number of rotatable bonds is 10. The highest BCUT2D eigenvalue weighted by molar-refractivity contribution is 7.93. The van der Waals surface area contributed by atoms with Crippen LogP contribution in [0.1, 0.15) is 20.7 Å². The Kier molecular flexibility index (Phi) is 8.84. The standard InChI is InChI=1S/C35H26N4O9S2/c40-33(41)23-3-9-27(10-4-23)38-49(45,46)31-15-7-21-1-13-29(17-25(21)19-31)36-35(44)37-30-14-2-22-8-16-32(20-26(22)18-30)50(47,48)39-28-11-5-24(6-12-28)34(42)43/h1-20,38-39H,(H,40,41)(H,42,43)(H2,36,37,44). The molecule has 0 heterocycles. The van der Waals surface area contributed by atoms with Gasteiger partial charge in [0.2, 0.25) is 0 Å². The molecule has 0 saturated carbocycles. The second-order valence-electron chi connectivity index (χ2n) is 11.0. The zero-order chi connectivity index (χ0) is 35.6. The van der Waals surface area contributed by atoms with Crippen molar-refractivity contribution < 1.29 is 41.4 Å². The van der Waals surface area contributed by atoms with Crippen LogP contribution >= 0.6 is 0 Å². The average Bonchev–Trinajstić information content (AvgIpc) is 3.07. The number of sulfonamides is 2. The molecule has 2 amide bonds. The fraction of sp³-hybridized carbons (Fsp3) is 0. The number of carbonyl (C=O) groups is 3. The Bertz CT molecular complexity index is 2360. The van der Waals surface area contributed by atoms with E-state index in [-0.39, 0.29) is 32.3 Å². The van der Waals surface area contributed by atoms with E-state index in [2.05, 4.69) is 20.1 Å². The minimum absolute atomic E-state index is 0.0151.